The number of pyridine rings is 1. The van der Waals surface area contributed by atoms with Gasteiger partial charge in [-0.3, -0.25) is 10.00 Å². The summed E-state index contributed by atoms with van der Waals surface area (Å²) < 4.78 is 1.81. The minimum Gasteiger partial charge on any atom is -0.397 e. The number of aromatic nitrogens is 3. The van der Waals surface area contributed by atoms with Crippen LogP contribution in [-0.4, -0.2) is 20.7 Å². The Morgan fingerprint density at radius 3 is 2.79 bits per heavy atom. The zero-order valence-electron chi connectivity index (χ0n) is 15.1. The largest absolute Gasteiger partial charge is 0.397 e. The summed E-state index contributed by atoms with van der Waals surface area (Å²) in [5, 5.41) is 29.3. The van der Waals surface area contributed by atoms with Crippen LogP contribution in [0.5, 0.6) is 0 Å². The molecule has 0 spiro atoms. The number of nitrogen functional groups attached to an aromatic ring is 2. The van der Waals surface area contributed by atoms with E-state index in [4.69, 9.17) is 16.7 Å². The van der Waals surface area contributed by atoms with Crippen LogP contribution in [0.3, 0.4) is 0 Å². The average Bonchev–Trinajstić information content (AvgIpc) is 2.95. The molecule has 1 aliphatic heterocycles. The lowest BCUT2D eigenvalue weighted by atomic mass is 9.94. The smallest absolute Gasteiger partial charge is 0.211 e. The number of benzene rings is 1. The Morgan fingerprint density at radius 2 is 2.07 bits per heavy atom. The number of nitrogens with one attached hydrogen (secondary N) is 2. The lowest BCUT2D eigenvalue weighted by Crippen LogP contribution is -2.32. The highest BCUT2D eigenvalue weighted by molar-refractivity contribution is 5.98. The summed E-state index contributed by atoms with van der Waals surface area (Å²) in [4.78, 5) is 8.80. The average molecular weight is 372 g/mol. The van der Waals surface area contributed by atoms with Gasteiger partial charge in [0, 0.05) is 23.7 Å². The monoisotopic (exact) mass is 372 g/mol. The van der Waals surface area contributed by atoms with Gasteiger partial charge in [0.1, 0.15) is 29.3 Å². The van der Waals surface area contributed by atoms with Crippen LogP contribution in [0.4, 0.5) is 17.3 Å². The summed E-state index contributed by atoms with van der Waals surface area (Å²) in [5.74, 6) is 0.580. The van der Waals surface area contributed by atoms with E-state index in [1.54, 1.807) is 4.68 Å². The summed E-state index contributed by atoms with van der Waals surface area (Å²) in [6, 6.07) is 7.21. The van der Waals surface area contributed by atoms with Crippen molar-refractivity contribution in [3.05, 3.63) is 40.6 Å². The molecule has 10 nitrogen and oxygen atoms in total. The number of guanidine groups is 1. The van der Waals surface area contributed by atoms with Gasteiger partial charge in [-0.15, -0.1) is 0 Å². The number of rotatable bonds is 1. The molecule has 2 aromatic heterocycles. The SMILES string of the molecule is Cc1c2ccc(C3N=C(NC#N)Nc4nc(N)c(C#N)c(N)c43)cc2nn1C. The molecule has 28 heavy (non-hydrogen) atoms. The Hall–Kier alpha value is -4.31. The molecule has 1 unspecified atom stereocenters. The third-order valence-corrected chi connectivity index (χ3v) is 4.83. The van der Waals surface area contributed by atoms with Crippen LogP contribution in [0.25, 0.3) is 10.9 Å². The summed E-state index contributed by atoms with van der Waals surface area (Å²) in [6.07, 6.45) is 1.83. The van der Waals surface area contributed by atoms with Crippen molar-refractivity contribution in [3.63, 3.8) is 0 Å². The van der Waals surface area contributed by atoms with E-state index in [9.17, 15) is 5.26 Å². The predicted molar refractivity (Wildman–Crippen MR) is 105 cm³/mol. The lowest BCUT2D eigenvalue weighted by Gasteiger charge is -2.26. The van der Waals surface area contributed by atoms with Crippen LogP contribution in [-0.2, 0) is 7.05 Å². The maximum absolute atomic E-state index is 9.39. The van der Waals surface area contributed by atoms with Crippen molar-refractivity contribution in [3.8, 4) is 12.3 Å². The van der Waals surface area contributed by atoms with E-state index in [0.29, 0.717) is 11.4 Å². The Balaban J connectivity index is 1.95. The van der Waals surface area contributed by atoms with Gasteiger partial charge < -0.3 is 16.8 Å². The molecule has 0 amide bonds. The van der Waals surface area contributed by atoms with Crippen LogP contribution in [0.15, 0.2) is 23.2 Å². The minimum absolute atomic E-state index is 0.0130. The number of hydrogen-bond acceptors (Lipinski definition) is 9. The highest BCUT2D eigenvalue weighted by Crippen LogP contribution is 2.41. The minimum atomic E-state index is -0.584. The van der Waals surface area contributed by atoms with E-state index in [-0.39, 0.29) is 23.0 Å². The van der Waals surface area contributed by atoms with Crippen molar-refractivity contribution in [1.29, 1.82) is 10.5 Å². The van der Waals surface area contributed by atoms with Gasteiger partial charge in [0.05, 0.1) is 11.2 Å². The molecule has 4 rings (SSSR count). The van der Waals surface area contributed by atoms with Gasteiger partial charge in [0.15, 0.2) is 6.19 Å². The molecule has 0 radical (unpaired) electrons. The van der Waals surface area contributed by atoms with Gasteiger partial charge in [-0.1, -0.05) is 12.1 Å². The third-order valence-electron chi connectivity index (χ3n) is 4.83. The molecule has 0 saturated carbocycles. The fourth-order valence-electron chi connectivity index (χ4n) is 3.34. The van der Waals surface area contributed by atoms with E-state index in [1.165, 1.54) is 0 Å². The van der Waals surface area contributed by atoms with Crippen LogP contribution in [0, 0.1) is 29.7 Å². The fraction of sp³-hybridized carbons (Fsp3) is 0.167. The van der Waals surface area contributed by atoms with Gasteiger partial charge in [-0.2, -0.15) is 15.6 Å². The normalized spacial score (nSPS) is 15.1. The van der Waals surface area contributed by atoms with Gasteiger partial charge >= 0.3 is 0 Å². The number of fused-ring (bicyclic) bond motifs is 2. The molecule has 138 valence electrons. The molecule has 3 heterocycles. The van der Waals surface area contributed by atoms with Crippen molar-refractivity contribution in [2.75, 3.05) is 16.8 Å². The first-order valence-electron chi connectivity index (χ1n) is 8.36. The number of hydrogen-bond donors (Lipinski definition) is 4. The number of nitriles is 2. The van der Waals surface area contributed by atoms with Crippen LogP contribution in [0.1, 0.15) is 28.4 Å². The zero-order valence-corrected chi connectivity index (χ0v) is 15.1. The molecule has 0 bridgehead atoms. The van der Waals surface area contributed by atoms with Crippen LogP contribution < -0.4 is 22.1 Å². The number of nitrogens with zero attached hydrogens (tertiary/aromatic N) is 6. The molecule has 1 aliphatic rings. The van der Waals surface area contributed by atoms with Crippen molar-refractivity contribution in [2.24, 2.45) is 12.0 Å². The molecular weight excluding hydrogens is 356 g/mol. The second-order valence-electron chi connectivity index (χ2n) is 6.39. The number of aryl methyl sites for hydroxylation is 2. The lowest BCUT2D eigenvalue weighted by molar-refractivity contribution is 0.750. The Labute approximate surface area is 160 Å². The topological polar surface area (TPSA) is 167 Å². The first-order valence-corrected chi connectivity index (χ1v) is 8.36. The van der Waals surface area contributed by atoms with Crippen molar-refractivity contribution < 1.29 is 0 Å². The van der Waals surface area contributed by atoms with Gasteiger partial charge in [-0.05, 0) is 18.6 Å². The quantitative estimate of drug-likeness (QED) is 0.366. The Bertz CT molecular complexity index is 1240. The van der Waals surface area contributed by atoms with Crippen molar-refractivity contribution in [2.45, 2.75) is 13.0 Å². The first kappa shape index (κ1) is 17.1. The third kappa shape index (κ3) is 2.44. The standard InChI is InChI=1S/C18H16N10/c1-8-10-4-3-9(5-12(10)27-28(8)2)15-13-14(21)11(6-19)16(22)25-17(13)26-18(24-15)23-7-20/h3-5,15H,1-2H3,(H6,21,22,23,24,25,26). The molecular formula is C18H16N10. The highest BCUT2D eigenvalue weighted by Gasteiger charge is 2.30. The molecule has 0 fully saturated rings. The molecule has 1 aromatic carbocycles. The maximum atomic E-state index is 9.39. The Morgan fingerprint density at radius 1 is 1.29 bits per heavy atom. The number of anilines is 3. The highest BCUT2D eigenvalue weighted by atomic mass is 15.3. The number of aliphatic imine (C=N–C) groups is 1. The maximum Gasteiger partial charge on any atom is 0.211 e. The summed E-state index contributed by atoms with van der Waals surface area (Å²) in [7, 11) is 1.88. The second kappa shape index (κ2) is 6.14. The Kier molecular flexibility index (Phi) is 3.76. The fourth-order valence-corrected chi connectivity index (χ4v) is 3.34. The predicted octanol–water partition coefficient (Wildman–Crippen LogP) is 1.25. The molecule has 1 atom stereocenters. The molecule has 10 heteroatoms. The second-order valence-corrected chi connectivity index (χ2v) is 6.39. The molecule has 6 N–H and O–H groups in total. The number of nitrogens with two attached hydrogens (primary N) is 2. The summed E-state index contributed by atoms with van der Waals surface area (Å²) in [5.41, 5.74) is 15.6. The van der Waals surface area contributed by atoms with Crippen molar-refractivity contribution >= 4 is 34.2 Å². The zero-order chi connectivity index (χ0) is 20.0. The van der Waals surface area contributed by atoms with Gasteiger partial charge in [0.2, 0.25) is 5.96 Å². The van der Waals surface area contributed by atoms with Crippen molar-refractivity contribution in [1.82, 2.24) is 20.1 Å². The molecule has 0 aliphatic carbocycles. The van der Waals surface area contributed by atoms with E-state index in [2.05, 4.69) is 25.7 Å². The first-order chi connectivity index (χ1) is 13.4. The van der Waals surface area contributed by atoms with Crippen LogP contribution in [0.2, 0.25) is 0 Å². The van der Waals surface area contributed by atoms with E-state index in [0.717, 1.165) is 22.2 Å². The van der Waals surface area contributed by atoms with Crippen LogP contribution >= 0.6 is 0 Å². The summed E-state index contributed by atoms with van der Waals surface area (Å²) in [6.45, 7) is 1.99. The van der Waals surface area contributed by atoms with E-state index < -0.39 is 6.04 Å². The van der Waals surface area contributed by atoms with E-state index >= 15 is 0 Å². The molecule has 0 saturated heterocycles. The van der Waals surface area contributed by atoms with Gasteiger partial charge in [0.25, 0.3) is 0 Å². The van der Waals surface area contributed by atoms with E-state index in [1.807, 2.05) is 44.4 Å². The summed E-state index contributed by atoms with van der Waals surface area (Å²) >= 11 is 0. The van der Waals surface area contributed by atoms with Gasteiger partial charge in [-0.25, -0.2) is 9.98 Å². The molecule has 3 aromatic rings.